The number of nitrogens with zero attached hydrogens (tertiary/aromatic N) is 1. The van der Waals surface area contributed by atoms with Crippen LogP contribution in [0.3, 0.4) is 0 Å². The summed E-state index contributed by atoms with van der Waals surface area (Å²) in [7, 11) is 1.60. The van der Waals surface area contributed by atoms with Crippen LogP contribution in [0.15, 0.2) is 22.7 Å². The molecule has 1 heterocycles. The zero-order chi connectivity index (χ0) is 12.4. The molecular weight excluding hydrogens is 320 g/mol. The summed E-state index contributed by atoms with van der Waals surface area (Å²) in [4.78, 5) is 13.9. The molecule has 4 nitrogen and oxygen atoms in total. The number of carbonyl (C=O) groups is 1. The fraction of sp³-hybridized carbons (Fsp3) is 0.417. The van der Waals surface area contributed by atoms with Crippen molar-refractivity contribution in [3.63, 3.8) is 0 Å². The van der Waals surface area contributed by atoms with Crippen LogP contribution < -0.4 is 10.5 Å². The number of rotatable bonds is 2. The third kappa shape index (κ3) is 3.16. The monoisotopic (exact) mass is 334 g/mol. The molecule has 18 heavy (non-hydrogen) atoms. The molecule has 0 aromatic heterocycles. The number of likely N-dealkylation sites (tertiary alicyclic amines) is 1. The minimum Gasteiger partial charge on any atom is -0.496 e. The molecule has 1 amide bonds. The van der Waals surface area contributed by atoms with Crippen molar-refractivity contribution in [1.82, 2.24) is 4.90 Å². The van der Waals surface area contributed by atoms with Crippen LogP contribution in [-0.4, -0.2) is 37.0 Å². The molecule has 1 fully saturated rings. The molecular formula is C12H16BrClN2O2. The van der Waals surface area contributed by atoms with Crippen LogP contribution in [0, 0.1) is 0 Å². The molecule has 1 aromatic rings. The number of hydrogen-bond acceptors (Lipinski definition) is 3. The SMILES string of the molecule is COc1ccc(C(=O)N2CC[C@H](N)C2)cc1Br.Cl. The van der Waals surface area contributed by atoms with E-state index >= 15 is 0 Å². The molecule has 1 aromatic carbocycles. The normalized spacial score (nSPS) is 18.4. The first-order chi connectivity index (χ1) is 8.11. The number of ether oxygens (including phenoxy) is 1. The Hall–Kier alpha value is -0.780. The second-order valence-electron chi connectivity index (χ2n) is 4.15. The quantitative estimate of drug-likeness (QED) is 0.900. The van der Waals surface area contributed by atoms with Crippen LogP contribution in [0.25, 0.3) is 0 Å². The summed E-state index contributed by atoms with van der Waals surface area (Å²) < 4.78 is 5.92. The second-order valence-corrected chi connectivity index (χ2v) is 5.00. The van der Waals surface area contributed by atoms with Crippen molar-refractivity contribution in [2.45, 2.75) is 12.5 Å². The Labute approximate surface area is 121 Å². The van der Waals surface area contributed by atoms with E-state index in [1.807, 2.05) is 0 Å². The van der Waals surface area contributed by atoms with Crippen LogP contribution in [0.1, 0.15) is 16.8 Å². The lowest BCUT2D eigenvalue weighted by Gasteiger charge is -2.16. The van der Waals surface area contributed by atoms with E-state index < -0.39 is 0 Å². The number of halogens is 2. The molecule has 0 aliphatic carbocycles. The molecule has 0 bridgehead atoms. The zero-order valence-electron chi connectivity index (χ0n) is 10.1. The van der Waals surface area contributed by atoms with E-state index in [0.29, 0.717) is 12.1 Å². The van der Waals surface area contributed by atoms with Gasteiger partial charge in [0.05, 0.1) is 11.6 Å². The number of carbonyl (C=O) groups excluding carboxylic acids is 1. The van der Waals surface area contributed by atoms with Gasteiger partial charge in [-0.1, -0.05) is 0 Å². The van der Waals surface area contributed by atoms with Crippen molar-refractivity contribution in [2.75, 3.05) is 20.2 Å². The second kappa shape index (κ2) is 6.41. The summed E-state index contributed by atoms with van der Waals surface area (Å²) in [6.07, 6.45) is 0.878. The lowest BCUT2D eigenvalue weighted by Crippen LogP contribution is -2.31. The highest BCUT2D eigenvalue weighted by atomic mass is 79.9. The standard InChI is InChI=1S/C12H15BrN2O2.ClH/c1-17-11-3-2-8(6-10(11)13)12(16)15-5-4-9(14)7-15;/h2-3,6,9H,4-5,7,14H2,1H3;1H/t9-;/m0./s1. The van der Waals surface area contributed by atoms with Crippen LogP contribution in [-0.2, 0) is 0 Å². The van der Waals surface area contributed by atoms with Gasteiger partial charge in [-0.05, 0) is 40.5 Å². The summed E-state index contributed by atoms with van der Waals surface area (Å²) in [5, 5.41) is 0. The summed E-state index contributed by atoms with van der Waals surface area (Å²) in [6.45, 7) is 1.38. The summed E-state index contributed by atoms with van der Waals surface area (Å²) in [5.41, 5.74) is 6.45. The first kappa shape index (κ1) is 15.3. The highest BCUT2D eigenvalue weighted by molar-refractivity contribution is 9.10. The largest absolute Gasteiger partial charge is 0.496 e. The third-order valence-corrected chi connectivity index (χ3v) is 3.53. The third-order valence-electron chi connectivity index (χ3n) is 2.91. The molecule has 0 saturated carbocycles. The number of benzene rings is 1. The Morgan fingerprint density at radius 3 is 2.78 bits per heavy atom. The van der Waals surface area contributed by atoms with E-state index in [2.05, 4.69) is 15.9 Å². The molecule has 2 N–H and O–H groups in total. The van der Waals surface area contributed by atoms with Gasteiger partial charge in [0, 0.05) is 24.7 Å². The van der Waals surface area contributed by atoms with Gasteiger partial charge in [-0.15, -0.1) is 12.4 Å². The topological polar surface area (TPSA) is 55.6 Å². The van der Waals surface area contributed by atoms with Crippen molar-refractivity contribution in [3.05, 3.63) is 28.2 Å². The molecule has 6 heteroatoms. The van der Waals surface area contributed by atoms with Gasteiger partial charge in [0.25, 0.3) is 5.91 Å². The molecule has 0 spiro atoms. The fourth-order valence-corrected chi connectivity index (χ4v) is 2.49. The average Bonchev–Trinajstić information content (AvgIpc) is 2.75. The summed E-state index contributed by atoms with van der Waals surface area (Å²) >= 11 is 3.38. The molecule has 100 valence electrons. The summed E-state index contributed by atoms with van der Waals surface area (Å²) in [5.74, 6) is 0.751. The van der Waals surface area contributed by atoms with Crippen molar-refractivity contribution < 1.29 is 9.53 Å². The minimum absolute atomic E-state index is 0. The first-order valence-electron chi connectivity index (χ1n) is 5.50. The van der Waals surface area contributed by atoms with Crippen molar-refractivity contribution >= 4 is 34.2 Å². The molecule has 1 aliphatic rings. The van der Waals surface area contributed by atoms with Gasteiger partial charge in [-0.3, -0.25) is 4.79 Å². The van der Waals surface area contributed by atoms with E-state index in [-0.39, 0.29) is 24.4 Å². The van der Waals surface area contributed by atoms with Gasteiger partial charge < -0.3 is 15.4 Å². The number of nitrogens with two attached hydrogens (primary N) is 1. The maximum Gasteiger partial charge on any atom is 0.253 e. The minimum atomic E-state index is 0. The van der Waals surface area contributed by atoms with Crippen molar-refractivity contribution in [3.8, 4) is 5.75 Å². The van der Waals surface area contributed by atoms with Crippen LogP contribution >= 0.6 is 28.3 Å². The predicted molar refractivity (Wildman–Crippen MR) is 76.4 cm³/mol. The van der Waals surface area contributed by atoms with Gasteiger partial charge in [-0.25, -0.2) is 0 Å². The van der Waals surface area contributed by atoms with E-state index in [0.717, 1.165) is 23.2 Å². The van der Waals surface area contributed by atoms with Crippen LogP contribution in [0.5, 0.6) is 5.75 Å². The Kier molecular flexibility index (Phi) is 5.44. The lowest BCUT2D eigenvalue weighted by molar-refractivity contribution is 0.0791. The Bertz CT molecular complexity index is 442. The van der Waals surface area contributed by atoms with Crippen molar-refractivity contribution in [1.29, 1.82) is 0 Å². The predicted octanol–water partition coefficient (Wildman–Crippen LogP) is 2.05. The maximum atomic E-state index is 12.2. The Morgan fingerprint density at radius 2 is 2.28 bits per heavy atom. The van der Waals surface area contributed by atoms with Crippen molar-refractivity contribution in [2.24, 2.45) is 5.73 Å². The highest BCUT2D eigenvalue weighted by Gasteiger charge is 2.24. The van der Waals surface area contributed by atoms with Crippen LogP contribution in [0.2, 0.25) is 0 Å². The smallest absolute Gasteiger partial charge is 0.253 e. The van der Waals surface area contributed by atoms with Crippen LogP contribution in [0.4, 0.5) is 0 Å². The van der Waals surface area contributed by atoms with E-state index in [1.54, 1.807) is 30.2 Å². The van der Waals surface area contributed by atoms with E-state index in [4.69, 9.17) is 10.5 Å². The average molecular weight is 336 g/mol. The van der Waals surface area contributed by atoms with E-state index in [9.17, 15) is 4.79 Å². The van der Waals surface area contributed by atoms with E-state index in [1.165, 1.54) is 0 Å². The molecule has 1 aliphatic heterocycles. The molecule has 1 saturated heterocycles. The lowest BCUT2D eigenvalue weighted by atomic mass is 10.2. The molecule has 1 atom stereocenters. The Balaban J connectivity index is 0.00000162. The number of hydrogen-bond donors (Lipinski definition) is 1. The number of amides is 1. The summed E-state index contributed by atoms with van der Waals surface area (Å²) in [6, 6.07) is 5.45. The fourth-order valence-electron chi connectivity index (χ4n) is 1.95. The van der Waals surface area contributed by atoms with Gasteiger partial charge >= 0.3 is 0 Å². The maximum absolute atomic E-state index is 12.2. The first-order valence-corrected chi connectivity index (χ1v) is 6.29. The zero-order valence-corrected chi connectivity index (χ0v) is 12.5. The molecule has 0 radical (unpaired) electrons. The molecule has 0 unspecified atom stereocenters. The van der Waals surface area contributed by atoms with Gasteiger partial charge in [0.1, 0.15) is 5.75 Å². The van der Waals surface area contributed by atoms with Gasteiger partial charge in [-0.2, -0.15) is 0 Å². The Morgan fingerprint density at radius 1 is 1.56 bits per heavy atom. The van der Waals surface area contributed by atoms with Gasteiger partial charge in [0.2, 0.25) is 0 Å². The van der Waals surface area contributed by atoms with Gasteiger partial charge in [0.15, 0.2) is 0 Å². The highest BCUT2D eigenvalue weighted by Crippen LogP contribution is 2.26. The number of methoxy groups -OCH3 is 1. The molecule has 2 rings (SSSR count).